The Morgan fingerprint density at radius 1 is 1.05 bits per heavy atom. The van der Waals surface area contributed by atoms with Crippen molar-refractivity contribution < 1.29 is 4.74 Å². The van der Waals surface area contributed by atoms with Crippen LogP contribution in [0.2, 0.25) is 0 Å². The Balaban J connectivity index is 1.94. The highest BCUT2D eigenvalue weighted by atomic mass is 16.5. The van der Waals surface area contributed by atoms with E-state index in [2.05, 4.69) is 50.3 Å². The van der Waals surface area contributed by atoms with E-state index in [1.165, 1.54) is 30.4 Å². The fraction of sp³-hybridized carbons (Fsp3) is 0.556. The fourth-order valence-electron chi connectivity index (χ4n) is 3.84. The lowest BCUT2D eigenvalue weighted by atomic mass is 9.68. The van der Waals surface area contributed by atoms with Crippen molar-refractivity contribution in [3.8, 4) is 0 Å². The molecule has 1 aliphatic heterocycles. The molecule has 1 unspecified atom stereocenters. The quantitative estimate of drug-likeness (QED) is 0.699. The molecule has 1 heterocycles. The van der Waals surface area contributed by atoms with Crippen LogP contribution in [0.3, 0.4) is 0 Å². The van der Waals surface area contributed by atoms with Crippen molar-refractivity contribution in [3.05, 3.63) is 42.0 Å². The maximum atomic E-state index is 6.25. The molecule has 0 bridgehead atoms. The molecule has 19 heavy (non-hydrogen) atoms. The first-order valence-corrected chi connectivity index (χ1v) is 7.50. The van der Waals surface area contributed by atoms with Crippen LogP contribution in [0.5, 0.6) is 0 Å². The number of benzene rings is 1. The second-order valence-electron chi connectivity index (χ2n) is 6.87. The summed E-state index contributed by atoms with van der Waals surface area (Å²) in [5.74, 6) is 0. The second-order valence-corrected chi connectivity index (χ2v) is 6.87. The molecule has 1 spiro atoms. The minimum atomic E-state index is 0.0989. The summed E-state index contributed by atoms with van der Waals surface area (Å²) in [5, 5.41) is 0. The molecule has 0 N–H and O–H groups in total. The Morgan fingerprint density at radius 2 is 1.84 bits per heavy atom. The van der Waals surface area contributed by atoms with Crippen molar-refractivity contribution in [2.24, 2.45) is 5.41 Å². The van der Waals surface area contributed by atoms with E-state index in [1.54, 1.807) is 0 Å². The Kier molecular flexibility index (Phi) is 3.26. The van der Waals surface area contributed by atoms with Crippen molar-refractivity contribution in [1.29, 1.82) is 0 Å². The summed E-state index contributed by atoms with van der Waals surface area (Å²) in [5.41, 5.74) is 3.17. The highest BCUT2D eigenvalue weighted by Crippen LogP contribution is 2.48. The molecule has 102 valence electrons. The van der Waals surface area contributed by atoms with Crippen molar-refractivity contribution >= 4 is 5.57 Å². The maximum Gasteiger partial charge on any atom is 0.0730 e. The zero-order valence-corrected chi connectivity index (χ0v) is 12.1. The Hall–Kier alpha value is -1.08. The van der Waals surface area contributed by atoms with Crippen LogP contribution in [0, 0.1) is 5.41 Å². The Bertz CT molecular complexity index is 464. The molecular formula is C18H24O. The smallest absolute Gasteiger partial charge is 0.0730 e. The van der Waals surface area contributed by atoms with E-state index in [4.69, 9.17) is 4.74 Å². The van der Waals surface area contributed by atoms with Crippen LogP contribution in [0.1, 0.15) is 51.5 Å². The van der Waals surface area contributed by atoms with E-state index in [0.29, 0.717) is 0 Å². The third kappa shape index (κ3) is 2.76. The first-order chi connectivity index (χ1) is 9.09. The minimum Gasteiger partial charge on any atom is -0.375 e. The van der Waals surface area contributed by atoms with Gasteiger partial charge in [-0.3, -0.25) is 0 Å². The van der Waals surface area contributed by atoms with Crippen LogP contribution in [0.4, 0.5) is 0 Å². The molecule has 1 atom stereocenters. The Labute approximate surface area is 116 Å². The molecule has 1 saturated heterocycles. The summed E-state index contributed by atoms with van der Waals surface area (Å²) in [6.07, 6.45) is 8.48. The van der Waals surface area contributed by atoms with E-state index in [0.717, 1.165) is 19.4 Å². The maximum absolute atomic E-state index is 6.25. The van der Waals surface area contributed by atoms with Crippen molar-refractivity contribution in [2.75, 3.05) is 6.61 Å². The number of hydrogen-bond acceptors (Lipinski definition) is 1. The van der Waals surface area contributed by atoms with E-state index in [-0.39, 0.29) is 11.0 Å². The van der Waals surface area contributed by atoms with E-state index in [1.807, 2.05) is 0 Å². The highest BCUT2D eigenvalue weighted by Gasteiger charge is 2.42. The minimum absolute atomic E-state index is 0.0989. The predicted octanol–water partition coefficient (Wildman–Crippen LogP) is 4.83. The summed E-state index contributed by atoms with van der Waals surface area (Å²) >= 11 is 0. The van der Waals surface area contributed by atoms with Gasteiger partial charge < -0.3 is 4.74 Å². The number of rotatable bonds is 1. The zero-order chi connectivity index (χ0) is 13.3. The van der Waals surface area contributed by atoms with E-state index >= 15 is 0 Å². The van der Waals surface area contributed by atoms with Gasteiger partial charge in [0.25, 0.3) is 0 Å². The van der Waals surface area contributed by atoms with Gasteiger partial charge in [0.05, 0.1) is 5.60 Å². The molecule has 1 heteroatoms. The highest BCUT2D eigenvalue weighted by molar-refractivity contribution is 5.68. The lowest BCUT2D eigenvalue weighted by Crippen LogP contribution is -2.42. The SMILES string of the molecule is CC1(C)C=C(c2ccccc2)CC2(CCCCO2)C1. The summed E-state index contributed by atoms with van der Waals surface area (Å²) in [6, 6.07) is 10.8. The molecule has 1 aromatic carbocycles. The average Bonchev–Trinajstić information content (AvgIpc) is 2.38. The monoisotopic (exact) mass is 256 g/mol. The van der Waals surface area contributed by atoms with Gasteiger partial charge in [-0.2, -0.15) is 0 Å². The van der Waals surface area contributed by atoms with Crippen LogP contribution in [0.15, 0.2) is 36.4 Å². The van der Waals surface area contributed by atoms with Gasteiger partial charge in [0.15, 0.2) is 0 Å². The summed E-state index contributed by atoms with van der Waals surface area (Å²) in [4.78, 5) is 0. The van der Waals surface area contributed by atoms with Gasteiger partial charge in [0.1, 0.15) is 0 Å². The van der Waals surface area contributed by atoms with Gasteiger partial charge in [0, 0.05) is 13.0 Å². The number of allylic oxidation sites excluding steroid dienone is 1. The van der Waals surface area contributed by atoms with Gasteiger partial charge in [-0.1, -0.05) is 50.3 Å². The van der Waals surface area contributed by atoms with E-state index in [9.17, 15) is 0 Å². The van der Waals surface area contributed by atoms with Gasteiger partial charge in [-0.25, -0.2) is 0 Å². The van der Waals surface area contributed by atoms with Crippen LogP contribution < -0.4 is 0 Å². The van der Waals surface area contributed by atoms with Crippen LogP contribution in [0.25, 0.3) is 5.57 Å². The van der Waals surface area contributed by atoms with Crippen molar-refractivity contribution in [3.63, 3.8) is 0 Å². The van der Waals surface area contributed by atoms with E-state index < -0.39 is 0 Å². The lowest BCUT2D eigenvalue weighted by Gasteiger charge is -2.46. The van der Waals surface area contributed by atoms with Crippen LogP contribution in [-0.2, 0) is 4.74 Å². The molecule has 0 aromatic heterocycles. The molecule has 1 aliphatic carbocycles. The molecular weight excluding hydrogens is 232 g/mol. The van der Waals surface area contributed by atoms with Crippen molar-refractivity contribution in [2.45, 2.75) is 51.6 Å². The average molecular weight is 256 g/mol. The van der Waals surface area contributed by atoms with Crippen LogP contribution in [-0.4, -0.2) is 12.2 Å². The summed E-state index contributed by atoms with van der Waals surface area (Å²) in [7, 11) is 0. The third-order valence-corrected chi connectivity index (χ3v) is 4.43. The topological polar surface area (TPSA) is 9.23 Å². The van der Waals surface area contributed by atoms with Crippen LogP contribution >= 0.6 is 0 Å². The first-order valence-electron chi connectivity index (χ1n) is 7.50. The largest absolute Gasteiger partial charge is 0.375 e. The molecule has 1 nitrogen and oxygen atoms in total. The second kappa shape index (κ2) is 4.79. The number of ether oxygens (including phenoxy) is 1. The van der Waals surface area contributed by atoms with Gasteiger partial charge in [0.2, 0.25) is 0 Å². The summed E-state index contributed by atoms with van der Waals surface area (Å²) in [6.45, 7) is 5.63. The zero-order valence-electron chi connectivity index (χ0n) is 12.1. The molecule has 0 amide bonds. The molecule has 3 rings (SSSR count). The first kappa shape index (κ1) is 12.9. The van der Waals surface area contributed by atoms with Gasteiger partial charge in [-0.05, 0) is 42.2 Å². The van der Waals surface area contributed by atoms with Crippen molar-refractivity contribution in [1.82, 2.24) is 0 Å². The fourth-order valence-corrected chi connectivity index (χ4v) is 3.84. The predicted molar refractivity (Wildman–Crippen MR) is 80.0 cm³/mol. The lowest BCUT2D eigenvalue weighted by molar-refractivity contribution is -0.0964. The molecule has 0 saturated carbocycles. The standard InChI is InChI=1S/C18H24O/c1-17(2)12-16(15-8-4-3-5-9-15)13-18(14-17)10-6-7-11-19-18/h3-5,8-9,12H,6-7,10-11,13-14H2,1-2H3. The molecule has 1 aromatic rings. The Morgan fingerprint density at radius 3 is 2.53 bits per heavy atom. The number of hydrogen-bond donors (Lipinski definition) is 0. The molecule has 0 radical (unpaired) electrons. The summed E-state index contributed by atoms with van der Waals surface area (Å²) < 4.78 is 6.25. The molecule has 1 fully saturated rings. The normalized spacial score (nSPS) is 30.1. The molecule has 2 aliphatic rings. The van der Waals surface area contributed by atoms with Gasteiger partial charge >= 0.3 is 0 Å². The van der Waals surface area contributed by atoms with Gasteiger partial charge in [-0.15, -0.1) is 0 Å². The third-order valence-electron chi connectivity index (χ3n) is 4.43.